The van der Waals surface area contributed by atoms with Gasteiger partial charge in [-0.3, -0.25) is 4.68 Å². The van der Waals surface area contributed by atoms with Crippen molar-refractivity contribution in [3.05, 3.63) is 16.9 Å². The molecule has 1 aromatic heterocycles. The lowest BCUT2D eigenvalue weighted by atomic mass is 10.0. The Kier molecular flexibility index (Phi) is 3.79. The Morgan fingerprint density at radius 2 is 2.13 bits per heavy atom. The molecule has 0 aliphatic rings. The van der Waals surface area contributed by atoms with Crippen LogP contribution in [0, 0.1) is 0 Å². The molecule has 0 fully saturated rings. The Morgan fingerprint density at radius 3 is 2.60 bits per heavy atom. The summed E-state index contributed by atoms with van der Waals surface area (Å²) in [4.78, 5) is 0. The normalized spacial score (nSPS) is 12.5. The van der Waals surface area contributed by atoms with Gasteiger partial charge in [-0.2, -0.15) is 5.10 Å². The van der Waals surface area contributed by atoms with Gasteiger partial charge in [0.05, 0.1) is 29.1 Å². The molecule has 3 nitrogen and oxygen atoms in total. The average Bonchev–Trinajstić information content (AvgIpc) is 2.47. The molecule has 1 aromatic rings. The third-order valence-corrected chi connectivity index (χ3v) is 2.67. The Balaban J connectivity index is 3.14. The zero-order valence-corrected chi connectivity index (χ0v) is 10.8. The molecule has 86 valence electrons. The van der Waals surface area contributed by atoms with Crippen molar-refractivity contribution in [2.75, 3.05) is 13.7 Å². The maximum absolute atomic E-state index is 6.12. The van der Waals surface area contributed by atoms with Gasteiger partial charge in [0.15, 0.2) is 0 Å². The molecule has 0 atom stereocenters. The van der Waals surface area contributed by atoms with Crippen LogP contribution < -0.4 is 0 Å². The second kappa shape index (κ2) is 4.54. The molecular formula is C11H19ClN2O. The third-order valence-electron chi connectivity index (χ3n) is 2.38. The van der Waals surface area contributed by atoms with E-state index in [0.29, 0.717) is 12.5 Å². The minimum Gasteiger partial charge on any atom is -0.382 e. The van der Waals surface area contributed by atoms with Crippen molar-refractivity contribution in [1.29, 1.82) is 0 Å². The molecule has 1 rings (SSSR count). The molecule has 0 radical (unpaired) electrons. The fraction of sp³-hybridized carbons (Fsp3) is 0.727. The van der Waals surface area contributed by atoms with Crippen LogP contribution in [0.5, 0.6) is 0 Å². The molecule has 0 saturated carbocycles. The van der Waals surface area contributed by atoms with Crippen LogP contribution >= 0.6 is 11.6 Å². The van der Waals surface area contributed by atoms with E-state index < -0.39 is 0 Å². The maximum atomic E-state index is 6.12. The molecule has 4 heteroatoms. The van der Waals surface area contributed by atoms with Crippen LogP contribution in [0.2, 0.25) is 5.02 Å². The molecule has 0 aromatic carbocycles. The summed E-state index contributed by atoms with van der Waals surface area (Å²) in [5.74, 6) is 0.358. The lowest BCUT2D eigenvalue weighted by Crippen LogP contribution is -2.34. The van der Waals surface area contributed by atoms with Gasteiger partial charge in [0, 0.05) is 7.11 Å². The molecule has 0 amide bonds. The standard InChI is InChI=1S/C11H19ClN2O/c1-8(2)10-9(12)6-13-14(10)11(3,4)7-15-5/h6,8H,7H2,1-5H3. The third kappa shape index (κ3) is 2.52. The largest absolute Gasteiger partial charge is 0.382 e. The molecule has 0 spiro atoms. The van der Waals surface area contributed by atoms with Gasteiger partial charge in [-0.05, 0) is 19.8 Å². The molecule has 0 saturated heterocycles. The van der Waals surface area contributed by atoms with Crippen LogP contribution in [0.3, 0.4) is 0 Å². The van der Waals surface area contributed by atoms with Crippen molar-refractivity contribution in [1.82, 2.24) is 9.78 Å². The van der Waals surface area contributed by atoms with Crippen molar-refractivity contribution in [2.24, 2.45) is 0 Å². The highest BCUT2D eigenvalue weighted by Crippen LogP contribution is 2.28. The summed E-state index contributed by atoms with van der Waals surface area (Å²) in [6.07, 6.45) is 1.70. The summed E-state index contributed by atoms with van der Waals surface area (Å²) in [7, 11) is 1.70. The topological polar surface area (TPSA) is 27.1 Å². The van der Waals surface area contributed by atoms with Crippen LogP contribution in [0.25, 0.3) is 0 Å². The van der Waals surface area contributed by atoms with Gasteiger partial charge in [-0.15, -0.1) is 0 Å². The van der Waals surface area contributed by atoms with Crippen molar-refractivity contribution in [3.8, 4) is 0 Å². The summed E-state index contributed by atoms with van der Waals surface area (Å²) in [6.45, 7) is 9.02. The van der Waals surface area contributed by atoms with E-state index in [1.807, 2.05) is 4.68 Å². The van der Waals surface area contributed by atoms with E-state index in [1.165, 1.54) is 0 Å². The zero-order valence-electron chi connectivity index (χ0n) is 10.0. The minimum atomic E-state index is -0.165. The van der Waals surface area contributed by atoms with E-state index in [-0.39, 0.29) is 5.54 Å². The van der Waals surface area contributed by atoms with Crippen LogP contribution in [0.4, 0.5) is 0 Å². The first kappa shape index (κ1) is 12.5. The molecular weight excluding hydrogens is 212 g/mol. The van der Waals surface area contributed by atoms with Gasteiger partial charge in [0.2, 0.25) is 0 Å². The average molecular weight is 231 g/mol. The van der Waals surface area contributed by atoms with Crippen molar-refractivity contribution in [2.45, 2.75) is 39.2 Å². The van der Waals surface area contributed by atoms with Gasteiger partial charge < -0.3 is 4.74 Å². The smallest absolute Gasteiger partial charge is 0.0820 e. The van der Waals surface area contributed by atoms with E-state index >= 15 is 0 Å². The molecule has 0 aliphatic carbocycles. The van der Waals surface area contributed by atoms with Gasteiger partial charge >= 0.3 is 0 Å². The first-order valence-electron chi connectivity index (χ1n) is 5.13. The highest BCUT2D eigenvalue weighted by atomic mass is 35.5. The van der Waals surface area contributed by atoms with Gasteiger partial charge in [0.1, 0.15) is 0 Å². The van der Waals surface area contributed by atoms with E-state index in [2.05, 4.69) is 32.8 Å². The first-order chi connectivity index (χ1) is 6.90. The molecule has 0 N–H and O–H groups in total. The van der Waals surface area contributed by atoms with Crippen LogP contribution in [0.1, 0.15) is 39.3 Å². The molecule has 0 unspecified atom stereocenters. The number of rotatable bonds is 4. The predicted molar refractivity (Wildman–Crippen MR) is 62.5 cm³/mol. The maximum Gasteiger partial charge on any atom is 0.0820 e. The zero-order chi connectivity index (χ0) is 11.6. The van der Waals surface area contributed by atoms with Gasteiger partial charge in [-0.1, -0.05) is 25.4 Å². The number of hydrogen-bond donors (Lipinski definition) is 0. The minimum absolute atomic E-state index is 0.165. The summed E-state index contributed by atoms with van der Waals surface area (Å²) >= 11 is 6.12. The van der Waals surface area contributed by atoms with E-state index in [4.69, 9.17) is 16.3 Å². The van der Waals surface area contributed by atoms with Crippen molar-refractivity contribution >= 4 is 11.6 Å². The molecule has 0 aliphatic heterocycles. The Labute approximate surface area is 96.4 Å². The fourth-order valence-corrected chi connectivity index (χ4v) is 2.10. The van der Waals surface area contributed by atoms with Crippen LogP contribution in [0.15, 0.2) is 6.20 Å². The number of halogens is 1. The first-order valence-corrected chi connectivity index (χ1v) is 5.50. The summed E-state index contributed by atoms with van der Waals surface area (Å²) < 4.78 is 7.16. The van der Waals surface area contributed by atoms with Gasteiger partial charge in [0.25, 0.3) is 0 Å². The lowest BCUT2D eigenvalue weighted by Gasteiger charge is -2.27. The monoisotopic (exact) mass is 230 g/mol. The Bertz CT molecular complexity index is 331. The van der Waals surface area contributed by atoms with Crippen LogP contribution in [-0.4, -0.2) is 23.5 Å². The summed E-state index contributed by atoms with van der Waals surface area (Å²) in [5.41, 5.74) is 0.903. The Morgan fingerprint density at radius 1 is 1.53 bits per heavy atom. The number of methoxy groups -OCH3 is 1. The van der Waals surface area contributed by atoms with E-state index in [0.717, 1.165) is 10.7 Å². The lowest BCUT2D eigenvalue weighted by molar-refractivity contribution is 0.0987. The number of hydrogen-bond acceptors (Lipinski definition) is 2. The SMILES string of the molecule is COCC(C)(C)n1ncc(Cl)c1C(C)C. The second-order valence-electron chi connectivity index (χ2n) is 4.69. The molecule has 15 heavy (non-hydrogen) atoms. The second-order valence-corrected chi connectivity index (χ2v) is 5.10. The number of ether oxygens (including phenoxy) is 1. The van der Waals surface area contributed by atoms with E-state index in [9.17, 15) is 0 Å². The van der Waals surface area contributed by atoms with Gasteiger partial charge in [-0.25, -0.2) is 0 Å². The number of aromatic nitrogens is 2. The Hall–Kier alpha value is -0.540. The number of nitrogens with zero attached hydrogens (tertiary/aromatic N) is 2. The highest BCUT2D eigenvalue weighted by molar-refractivity contribution is 6.31. The van der Waals surface area contributed by atoms with Crippen LogP contribution in [-0.2, 0) is 10.3 Å². The van der Waals surface area contributed by atoms with Crippen molar-refractivity contribution < 1.29 is 4.74 Å². The molecule has 0 bridgehead atoms. The van der Waals surface area contributed by atoms with Crippen molar-refractivity contribution in [3.63, 3.8) is 0 Å². The highest BCUT2D eigenvalue weighted by Gasteiger charge is 2.26. The molecule has 1 heterocycles. The fourth-order valence-electron chi connectivity index (χ4n) is 1.76. The predicted octanol–water partition coefficient (Wildman–Crippen LogP) is 3.04. The quantitative estimate of drug-likeness (QED) is 0.795. The summed E-state index contributed by atoms with van der Waals surface area (Å²) in [5, 5.41) is 5.06. The summed E-state index contributed by atoms with van der Waals surface area (Å²) in [6, 6.07) is 0. The van der Waals surface area contributed by atoms with E-state index in [1.54, 1.807) is 13.3 Å².